The average molecular weight is 407 g/mol. The lowest BCUT2D eigenvalue weighted by molar-refractivity contribution is 0.100. The van der Waals surface area contributed by atoms with Crippen molar-refractivity contribution in [2.24, 2.45) is 0 Å². The summed E-state index contributed by atoms with van der Waals surface area (Å²) in [7, 11) is 0. The van der Waals surface area contributed by atoms with E-state index >= 15 is 0 Å². The third-order valence-electron chi connectivity index (χ3n) is 5.19. The Labute approximate surface area is 174 Å². The van der Waals surface area contributed by atoms with Gasteiger partial charge in [-0.25, -0.2) is 4.98 Å². The van der Waals surface area contributed by atoms with Gasteiger partial charge < -0.3 is 4.74 Å². The van der Waals surface area contributed by atoms with Gasteiger partial charge in [0.2, 0.25) is 5.95 Å². The molecule has 0 saturated carbocycles. The molecule has 0 bridgehead atoms. The van der Waals surface area contributed by atoms with Crippen molar-refractivity contribution in [3.8, 4) is 5.75 Å². The Kier molecular flexibility index (Phi) is 5.15. The highest BCUT2D eigenvalue weighted by Crippen LogP contribution is 2.38. The number of ether oxygens (including phenoxy) is 1. The Bertz CT molecular complexity index is 1160. The molecule has 30 heavy (non-hydrogen) atoms. The number of aromatic nitrogens is 4. The molecule has 1 aliphatic rings. The van der Waals surface area contributed by atoms with Crippen LogP contribution in [0.1, 0.15) is 59.3 Å². The van der Waals surface area contributed by atoms with Gasteiger partial charge in [0.05, 0.1) is 17.3 Å². The van der Waals surface area contributed by atoms with Gasteiger partial charge in [-0.2, -0.15) is 5.10 Å². The maximum Gasteiger partial charge on any atom is 0.276 e. The first-order valence-corrected chi connectivity index (χ1v) is 10.1. The van der Waals surface area contributed by atoms with Crippen LogP contribution in [0.25, 0.3) is 11.0 Å². The van der Waals surface area contributed by atoms with Crippen LogP contribution in [-0.2, 0) is 6.54 Å². The van der Waals surface area contributed by atoms with Crippen LogP contribution in [0.4, 0.5) is 5.95 Å². The van der Waals surface area contributed by atoms with E-state index in [4.69, 9.17) is 4.74 Å². The molecule has 3 heterocycles. The van der Waals surface area contributed by atoms with E-state index < -0.39 is 0 Å². The molecule has 0 radical (unpaired) electrons. The predicted octanol–water partition coefficient (Wildman–Crippen LogP) is 3.92. The highest BCUT2D eigenvalue weighted by atomic mass is 16.5. The third kappa shape index (κ3) is 3.38. The molecule has 1 aromatic carbocycles. The van der Waals surface area contributed by atoms with Crippen molar-refractivity contribution in [2.75, 3.05) is 11.9 Å². The number of hydrogen-bond acceptors (Lipinski definition) is 5. The van der Waals surface area contributed by atoms with E-state index in [1.807, 2.05) is 24.5 Å². The molecule has 1 aliphatic heterocycles. The van der Waals surface area contributed by atoms with Crippen LogP contribution >= 0.6 is 0 Å². The molecule has 8 nitrogen and oxygen atoms in total. The minimum atomic E-state index is -0.271. The molecule has 3 aromatic rings. The molecule has 1 atom stereocenters. The summed E-state index contributed by atoms with van der Waals surface area (Å²) in [5, 5.41) is 7.36. The quantitative estimate of drug-likeness (QED) is 0.474. The number of nitrogens with one attached hydrogen (secondary N) is 1. The molecule has 4 rings (SSSR count). The summed E-state index contributed by atoms with van der Waals surface area (Å²) in [4.78, 5) is 29.6. The molecule has 8 heteroatoms. The first-order chi connectivity index (χ1) is 14.4. The van der Waals surface area contributed by atoms with E-state index in [9.17, 15) is 9.59 Å². The number of aryl methyl sites for hydroxylation is 2. The second-order valence-electron chi connectivity index (χ2n) is 7.54. The second-order valence-corrected chi connectivity index (χ2v) is 7.54. The zero-order valence-corrected chi connectivity index (χ0v) is 17.4. The number of hydrogen-bond donors (Lipinski definition) is 1. The topological polar surface area (TPSA) is 91.0 Å². The van der Waals surface area contributed by atoms with Crippen LogP contribution in [0.15, 0.2) is 30.9 Å². The first kappa shape index (κ1) is 19.9. The van der Waals surface area contributed by atoms with Gasteiger partial charge in [0.1, 0.15) is 23.6 Å². The number of carbonyl (C=O) groups excluding carboxylic acids is 2. The summed E-state index contributed by atoms with van der Waals surface area (Å²) < 4.78 is 9.61. The lowest BCUT2D eigenvalue weighted by atomic mass is 10.1. The fraction of sp³-hybridized carbons (Fsp3) is 0.364. The monoisotopic (exact) mass is 407 g/mol. The van der Waals surface area contributed by atoms with Gasteiger partial charge in [-0.15, -0.1) is 6.58 Å². The van der Waals surface area contributed by atoms with Crippen molar-refractivity contribution in [3.05, 3.63) is 47.8 Å². The Morgan fingerprint density at radius 1 is 1.37 bits per heavy atom. The molecule has 0 unspecified atom stereocenters. The Morgan fingerprint density at radius 2 is 2.17 bits per heavy atom. The lowest BCUT2D eigenvalue weighted by Crippen LogP contribution is -2.26. The predicted molar refractivity (Wildman–Crippen MR) is 114 cm³/mol. The van der Waals surface area contributed by atoms with E-state index in [0.29, 0.717) is 48.0 Å². The van der Waals surface area contributed by atoms with Crippen LogP contribution < -0.4 is 10.1 Å². The molecule has 0 fully saturated rings. The van der Waals surface area contributed by atoms with E-state index in [1.54, 1.807) is 22.9 Å². The van der Waals surface area contributed by atoms with Crippen molar-refractivity contribution in [1.29, 1.82) is 0 Å². The maximum absolute atomic E-state index is 13.1. The van der Waals surface area contributed by atoms with Crippen molar-refractivity contribution in [1.82, 2.24) is 19.3 Å². The molecule has 1 N–H and O–H groups in total. The fourth-order valence-corrected chi connectivity index (χ4v) is 3.85. The summed E-state index contributed by atoms with van der Waals surface area (Å²) in [5.41, 5.74) is 3.19. The molecule has 0 spiro atoms. The summed E-state index contributed by atoms with van der Waals surface area (Å²) in [6.45, 7) is 10.3. The smallest absolute Gasteiger partial charge is 0.276 e. The second kappa shape index (κ2) is 7.78. The van der Waals surface area contributed by atoms with Crippen LogP contribution in [-0.4, -0.2) is 37.6 Å². The normalized spacial score (nSPS) is 15.1. The van der Waals surface area contributed by atoms with Gasteiger partial charge in [-0.3, -0.25) is 24.2 Å². The van der Waals surface area contributed by atoms with Crippen LogP contribution in [0.5, 0.6) is 5.75 Å². The first-order valence-electron chi connectivity index (χ1n) is 10.1. The fourth-order valence-electron chi connectivity index (χ4n) is 3.85. The molecular weight excluding hydrogens is 382 g/mol. The van der Waals surface area contributed by atoms with Crippen molar-refractivity contribution < 1.29 is 14.3 Å². The molecule has 2 aromatic heterocycles. The van der Waals surface area contributed by atoms with Gasteiger partial charge >= 0.3 is 0 Å². The molecule has 0 aliphatic carbocycles. The maximum atomic E-state index is 13.1. The van der Waals surface area contributed by atoms with Crippen LogP contribution in [0.3, 0.4) is 0 Å². The lowest BCUT2D eigenvalue weighted by Gasteiger charge is -2.26. The summed E-state index contributed by atoms with van der Waals surface area (Å²) in [5.74, 6) is 0.684. The highest BCUT2D eigenvalue weighted by Gasteiger charge is 2.28. The summed E-state index contributed by atoms with van der Waals surface area (Å²) in [6, 6.07) is 5.19. The average Bonchev–Trinajstić information content (AvgIpc) is 3.25. The SMILES string of the molecule is C=CC[C@H]1COc2cc(C(C)=O)cc3nc(NC(=O)c4cc(C)nn4CCC)n1c23. The summed E-state index contributed by atoms with van der Waals surface area (Å²) in [6.07, 6.45) is 3.35. The van der Waals surface area contributed by atoms with Gasteiger partial charge in [0.15, 0.2) is 5.78 Å². The van der Waals surface area contributed by atoms with Gasteiger partial charge in [0.25, 0.3) is 5.91 Å². The number of rotatable bonds is 7. The minimum Gasteiger partial charge on any atom is -0.489 e. The zero-order chi connectivity index (χ0) is 21.4. The van der Waals surface area contributed by atoms with E-state index in [0.717, 1.165) is 17.6 Å². The number of anilines is 1. The number of allylic oxidation sites excluding steroid dienone is 1. The molecular formula is C22H25N5O3. The van der Waals surface area contributed by atoms with Crippen LogP contribution in [0, 0.1) is 6.92 Å². The number of Topliss-reactive ketones (excluding diaryl/α,β-unsaturated/α-hetero) is 1. The van der Waals surface area contributed by atoms with E-state index in [2.05, 4.69) is 22.0 Å². The largest absolute Gasteiger partial charge is 0.489 e. The molecule has 0 saturated heterocycles. The van der Waals surface area contributed by atoms with Crippen molar-refractivity contribution in [2.45, 2.75) is 46.2 Å². The van der Waals surface area contributed by atoms with E-state index in [-0.39, 0.29) is 17.7 Å². The highest BCUT2D eigenvalue weighted by molar-refractivity contribution is 6.04. The van der Waals surface area contributed by atoms with Crippen LogP contribution in [0.2, 0.25) is 0 Å². The standard InChI is InChI=1S/C22H25N5O3/c1-5-7-16-12-30-19-11-15(14(4)28)10-17-20(19)27(16)22(23-17)24-21(29)18-9-13(3)25-26(18)8-6-2/h5,9-11,16H,1,6-8,12H2,2-4H3,(H,23,24,29)/t16-/m0/s1. The zero-order valence-electron chi connectivity index (χ0n) is 17.4. The van der Waals surface area contributed by atoms with Crippen molar-refractivity contribution >= 4 is 28.7 Å². The van der Waals surface area contributed by atoms with Gasteiger partial charge in [0, 0.05) is 12.1 Å². The summed E-state index contributed by atoms with van der Waals surface area (Å²) >= 11 is 0. The van der Waals surface area contributed by atoms with Crippen molar-refractivity contribution in [3.63, 3.8) is 0 Å². The Balaban J connectivity index is 1.80. The van der Waals surface area contributed by atoms with E-state index in [1.165, 1.54) is 6.92 Å². The van der Waals surface area contributed by atoms with Gasteiger partial charge in [-0.05, 0) is 44.9 Å². The molecule has 156 valence electrons. The Hall–Kier alpha value is -3.42. The van der Waals surface area contributed by atoms with Gasteiger partial charge in [-0.1, -0.05) is 13.0 Å². The number of benzene rings is 1. The third-order valence-corrected chi connectivity index (χ3v) is 5.19. The number of amides is 1. The number of carbonyl (C=O) groups is 2. The minimum absolute atomic E-state index is 0.0548. The Morgan fingerprint density at radius 3 is 2.87 bits per heavy atom. The number of nitrogens with zero attached hydrogens (tertiary/aromatic N) is 4. The number of imidazole rings is 1. The number of ketones is 1. The molecule has 1 amide bonds.